The largest absolute Gasteiger partial charge is 0.407 e. The summed E-state index contributed by atoms with van der Waals surface area (Å²) >= 11 is 0. The highest BCUT2D eigenvalue weighted by Crippen LogP contribution is 2.38. The standard InChI is InChI=1S/C30H37N3OSi/c1-30(2,3)35(28-11-6-4-7-12-28,29-13-8-5-9-14-29)34-23-25-21-33(22-25)27-17-15-26(16-18-27)32-20-10-19-31-24-32/h4-18,20,25,31H,19,21-24H2,1-3H3. The zero-order valence-electron chi connectivity index (χ0n) is 21.2. The summed E-state index contributed by atoms with van der Waals surface area (Å²) in [5.41, 5.74) is 2.52. The summed E-state index contributed by atoms with van der Waals surface area (Å²) in [6.45, 7) is 11.7. The Labute approximate surface area is 211 Å². The van der Waals surface area contributed by atoms with Crippen LogP contribution in [0.15, 0.2) is 97.2 Å². The van der Waals surface area contributed by atoms with Gasteiger partial charge in [0.25, 0.3) is 8.32 Å². The molecule has 0 aliphatic carbocycles. The molecule has 0 amide bonds. The van der Waals surface area contributed by atoms with Crippen LogP contribution in [0.1, 0.15) is 20.8 Å². The molecule has 0 saturated carbocycles. The number of hydrogen-bond donors (Lipinski definition) is 1. The second-order valence-electron chi connectivity index (χ2n) is 10.7. The average molecular weight is 484 g/mol. The van der Waals surface area contributed by atoms with Crippen molar-refractivity contribution in [2.24, 2.45) is 5.92 Å². The van der Waals surface area contributed by atoms with Crippen LogP contribution >= 0.6 is 0 Å². The highest BCUT2D eigenvalue weighted by atomic mass is 28.4. The minimum atomic E-state index is -2.46. The van der Waals surface area contributed by atoms with Crippen molar-refractivity contribution in [1.82, 2.24) is 5.32 Å². The molecule has 4 nitrogen and oxygen atoms in total. The molecule has 5 rings (SSSR count). The van der Waals surface area contributed by atoms with Gasteiger partial charge in [-0.2, -0.15) is 0 Å². The third-order valence-corrected chi connectivity index (χ3v) is 12.3. The number of anilines is 2. The molecule has 1 N–H and O–H groups in total. The van der Waals surface area contributed by atoms with Gasteiger partial charge in [-0.15, -0.1) is 0 Å². The van der Waals surface area contributed by atoms with E-state index in [1.54, 1.807) is 0 Å². The first kappa shape index (κ1) is 23.9. The monoisotopic (exact) mass is 483 g/mol. The summed E-state index contributed by atoms with van der Waals surface area (Å²) in [6.07, 6.45) is 4.32. The maximum Gasteiger partial charge on any atom is 0.261 e. The molecule has 1 saturated heterocycles. The van der Waals surface area contributed by atoms with Crippen LogP contribution in [0.5, 0.6) is 0 Å². The van der Waals surface area contributed by atoms with Crippen LogP contribution in [-0.4, -0.2) is 41.2 Å². The normalized spacial score (nSPS) is 16.9. The van der Waals surface area contributed by atoms with Crippen LogP contribution in [-0.2, 0) is 4.43 Å². The molecule has 0 radical (unpaired) electrons. The van der Waals surface area contributed by atoms with Crippen molar-refractivity contribution in [1.29, 1.82) is 0 Å². The SMILES string of the molecule is CC(C)(C)[Si](OCC1CN(c2ccc(N3C=CCNC3)cc2)C1)(c1ccccc1)c1ccccc1. The van der Waals surface area contributed by atoms with Crippen LogP contribution < -0.4 is 25.5 Å². The van der Waals surface area contributed by atoms with Gasteiger partial charge in [-0.1, -0.05) is 87.5 Å². The van der Waals surface area contributed by atoms with Crippen LogP contribution in [0.3, 0.4) is 0 Å². The van der Waals surface area contributed by atoms with Gasteiger partial charge in [0, 0.05) is 49.7 Å². The summed E-state index contributed by atoms with van der Waals surface area (Å²) in [7, 11) is -2.46. The minimum absolute atomic E-state index is 0.0206. The Morgan fingerprint density at radius 3 is 1.91 bits per heavy atom. The van der Waals surface area contributed by atoms with E-state index in [0.29, 0.717) is 5.92 Å². The second kappa shape index (κ2) is 10.0. The minimum Gasteiger partial charge on any atom is -0.407 e. The topological polar surface area (TPSA) is 27.7 Å². The van der Waals surface area contributed by atoms with Crippen molar-refractivity contribution in [3.63, 3.8) is 0 Å². The summed E-state index contributed by atoms with van der Waals surface area (Å²) in [5, 5.41) is 6.10. The van der Waals surface area contributed by atoms with E-state index < -0.39 is 8.32 Å². The molecule has 2 aliphatic heterocycles. The summed E-state index contributed by atoms with van der Waals surface area (Å²) < 4.78 is 7.14. The Balaban J connectivity index is 1.29. The van der Waals surface area contributed by atoms with E-state index in [-0.39, 0.29) is 5.04 Å². The maximum atomic E-state index is 7.14. The van der Waals surface area contributed by atoms with Gasteiger partial charge in [0.1, 0.15) is 0 Å². The highest BCUT2D eigenvalue weighted by molar-refractivity contribution is 6.99. The van der Waals surface area contributed by atoms with Crippen molar-refractivity contribution in [3.8, 4) is 0 Å². The zero-order valence-corrected chi connectivity index (χ0v) is 22.2. The Bertz CT molecular complexity index is 1080. The predicted molar refractivity (Wildman–Crippen MR) is 150 cm³/mol. The zero-order chi connectivity index (χ0) is 24.3. The highest BCUT2D eigenvalue weighted by Gasteiger charge is 2.50. The van der Waals surface area contributed by atoms with Gasteiger partial charge < -0.3 is 14.2 Å². The van der Waals surface area contributed by atoms with Crippen molar-refractivity contribution in [3.05, 3.63) is 97.2 Å². The van der Waals surface area contributed by atoms with Crippen LogP contribution in [0.2, 0.25) is 5.04 Å². The first-order valence-electron chi connectivity index (χ1n) is 12.7. The fourth-order valence-corrected chi connectivity index (χ4v) is 10.1. The summed E-state index contributed by atoms with van der Waals surface area (Å²) in [6, 6.07) is 30.8. The van der Waals surface area contributed by atoms with E-state index in [1.807, 2.05) is 0 Å². The van der Waals surface area contributed by atoms with Crippen LogP contribution in [0, 0.1) is 5.92 Å². The molecular weight excluding hydrogens is 446 g/mol. The summed E-state index contributed by atoms with van der Waals surface area (Å²) in [5.74, 6) is 0.547. The van der Waals surface area contributed by atoms with E-state index in [0.717, 1.165) is 32.9 Å². The van der Waals surface area contributed by atoms with E-state index >= 15 is 0 Å². The van der Waals surface area contributed by atoms with Gasteiger partial charge in [-0.05, 0) is 39.7 Å². The van der Waals surface area contributed by atoms with Gasteiger partial charge in [-0.25, -0.2) is 0 Å². The van der Waals surface area contributed by atoms with Crippen LogP contribution in [0.25, 0.3) is 0 Å². The molecule has 2 heterocycles. The number of hydrogen-bond acceptors (Lipinski definition) is 4. The molecule has 0 bridgehead atoms. The van der Waals surface area contributed by atoms with E-state index in [1.165, 1.54) is 21.7 Å². The summed E-state index contributed by atoms with van der Waals surface area (Å²) in [4.78, 5) is 4.71. The van der Waals surface area contributed by atoms with Gasteiger partial charge in [-0.3, -0.25) is 5.32 Å². The lowest BCUT2D eigenvalue weighted by molar-refractivity contribution is 0.209. The Kier molecular flexibility index (Phi) is 6.83. The smallest absolute Gasteiger partial charge is 0.261 e. The second-order valence-corrected chi connectivity index (χ2v) is 15.0. The van der Waals surface area contributed by atoms with E-state index in [4.69, 9.17) is 4.43 Å². The predicted octanol–water partition coefficient (Wildman–Crippen LogP) is 4.58. The fourth-order valence-electron chi connectivity index (χ4n) is 5.42. The Morgan fingerprint density at radius 2 is 1.40 bits per heavy atom. The average Bonchev–Trinajstić information content (AvgIpc) is 2.87. The number of benzene rings is 3. The van der Waals surface area contributed by atoms with Gasteiger partial charge in [0.05, 0.1) is 6.67 Å². The number of rotatable bonds is 7. The molecule has 0 atom stereocenters. The first-order chi connectivity index (χ1) is 17.0. The lowest BCUT2D eigenvalue weighted by Gasteiger charge is -2.46. The molecular formula is C30H37N3OSi. The molecule has 0 aromatic heterocycles. The van der Waals surface area contributed by atoms with Gasteiger partial charge in [0.15, 0.2) is 0 Å². The molecule has 3 aromatic rings. The van der Waals surface area contributed by atoms with Crippen molar-refractivity contribution >= 4 is 30.1 Å². The van der Waals surface area contributed by atoms with Crippen molar-refractivity contribution in [2.45, 2.75) is 25.8 Å². The molecule has 0 spiro atoms. The Morgan fingerprint density at radius 1 is 0.829 bits per heavy atom. The van der Waals surface area contributed by atoms with Crippen molar-refractivity contribution in [2.75, 3.05) is 42.7 Å². The van der Waals surface area contributed by atoms with Crippen molar-refractivity contribution < 1.29 is 4.43 Å². The maximum absolute atomic E-state index is 7.14. The number of nitrogens with zero attached hydrogens (tertiary/aromatic N) is 2. The molecule has 0 unspecified atom stereocenters. The van der Waals surface area contributed by atoms with Gasteiger partial charge in [0.2, 0.25) is 0 Å². The molecule has 1 fully saturated rings. The molecule has 35 heavy (non-hydrogen) atoms. The molecule has 182 valence electrons. The molecule has 3 aromatic carbocycles. The number of nitrogens with one attached hydrogen (secondary N) is 1. The van der Waals surface area contributed by atoms with Crippen LogP contribution in [0.4, 0.5) is 11.4 Å². The molecule has 2 aliphatic rings. The quantitative estimate of drug-likeness (QED) is 0.498. The molecule has 5 heteroatoms. The lowest BCUT2D eigenvalue weighted by atomic mass is 10.0. The third kappa shape index (κ3) is 4.81. The van der Waals surface area contributed by atoms with E-state index in [9.17, 15) is 0 Å². The van der Waals surface area contributed by atoms with E-state index in [2.05, 4.69) is 133 Å². The lowest BCUT2D eigenvalue weighted by Crippen LogP contribution is -2.67. The third-order valence-electron chi connectivity index (χ3n) is 7.29. The van der Waals surface area contributed by atoms with Gasteiger partial charge >= 0.3 is 0 Å². The first-order valence-corrected chi connectivity index (χ1v) is 14.6. The fraction of sp³-hybridized carbons (Fsp3) is 0.333. The Hall–Kier alpha value is -2.86.